The third-order valence-corrected chi connectivity index (χ3v) is 5.47. The third-order valence-electron chi connectivity index (χ3n) is 5.47. The lowest BCUT2D eigenvalue weighted by atomic mass is 9.75. The van der Waals surface area contributed by atoms with Crippen LogP contribution in [-0.2, 0) is 4.74 Å². The summed E-state index contributed by atoms with van der Waals surface area (Å²) in [5.74, 6) is 2.46. The molecular formula is C18H27N2O3+. The lowest BCUT2D eigenvalue weighted by molar-refractivity contribution is -0.946. The number of anilines is 1. The number of carbonyl (C=O) groups excluding carboxylic acids is 1. The predicted molar refractivity (Wildman–Crippen MR) is 89.0 cm³/mol. The molecule has 4 rings (SSSR count). The Balaban J connectivity index is 1.46. The van der Waals surface area contributed by atoms with Gasteiger partial charge in [-0.3, -0.25) is 5.32 Å². The van der Waals surface area contributed by atoms with Crippen LogP contribution in [0.15, 0.2) is 24.3 Å². The van der Waals surface area contributed by atoms with E-state index < -0.39 is 0 Å². The highest BCUT2D eigenvalue weighted by molar-refractivity contribution is 5.84. The van der Waals surface area contributed by atoms with Crippen molar-refractivity contribution in [3.63, 3.8) is 0 Å². The van der Waals surface area contributed by atoms with Crippen LogP contribution in [0, 0.1) is 11.8 Å². The first kappa shape index (κ1) is 16.1. The number of methoxy groups -OCH3 is 1. The maximum Gasteiger partial charge on any atom is 0.411 e. The summed E-state index contributed by atoms with van der Waals surface area (Å²) in [4.78, 5) is 13.6. The van der Waals surface area contributed by atoms with Crippen molar-refractivity contribution in [2.24, 2.45) is 11.8 Å². The molecule has 23 heavy (non-hydrogen) atoms. The molecule has 2 N–H and O–H groups in total. The summed E-state index contributed by atoms with van der Waals surface area (Å²) >= 11 is 0. The minimum Gasteiger partial charge on any atom is -0.497 e. The Morgan fingerprint density at radius 3 is 2.74 bits per heavy atom. The molecule has 3 heterocycles. The number of hydrogen-bond acceptors (Lipinski definition) is 3. The van der Waals surface area contributed by atoms with Crippen LogP contribution in [0.2, 0.25) is 0 Å². The van der Waals surface area contributed by atoms with E-state index >= 15 is 0 Å². The van der Waals surface area contributed by atoms with Crippen LogP contribution in [0.3, 0.4) is 0 Å². The monoisotopic (exact) mass is 319 g/mol. The van der Waals surface area contributed by atoms with E-state index in [2.05, 4.69) is 12.2 Å². The number of fused-ring (bicyclic) bond motifs is 3. The highest BCUT2D eigenvalue weighted by Crippen LogP contribution is 2.29. The molecule has 0 radical (unpaired) electrons. The molecule has 0 aliphatic carbocycles. The van der Waals surface area contributed by atoms with E-state index in [0.29, 0.717) is 12.6 Å². The van der Waals surface area contributed by atoms with Gasteiger partial charge in [-0.1, -0.05) is 6.92 Å². The molecule has 126 valence electrons. The van der Waals surface area contributed by atoms with Crippen molar-refractivity contribution in [3.8, 4) is 5.75 Å². The lowest BCUT2D eigenvalue weighted by Crippen LogP contribution is -3.20. The number of hydrogen-bond donors (Lipinski definition) is 2. The average molecular weight is 319 g/mol. The van der Waals surface area contributed by atoms with Gasteiger partial charge in [-0.15, -0.1) is 0 Å². The van der Waals surface area contributed by atoms with Gasteiger partial charge in [0.1, 0.15) is 18.4 Å². The summed E-state index contributed by atoms with van der Waals surface area (Å²) in [7, 11) is 1.62. The predicted octanol–water partition coefficient (Wildman–Crippen LogP) is 1.95. The summed E-state index contributed by atoms with van der Waals surface area (Å²) in [5.41, 5.74) is 0.722. The second-order valence-electron chi connectivity index (χ2n) is 6.71. The minimum absolute atomic E-state index is 0.371. The fourth-order valence-corrected chi connectivity index (χ4v) is 4.09. The van der Waals surface area contributed by atoms with Crippen molar-refractivity contribution in [3.05, 3.63) is 24.3 Å². The summed E-state index contributed by atoms with van der Waals surface area (Å²) in [6, 6.07) is 7.72. The third kappa shape index (κ3) is 3.78. The molecule has 1 aromatic rings. The van der Waals surface area contributed by atoms with Gasteiger partial charge in [-0.2, -0.15) is 0 Å². The molecule has 1 unspecified atom stereocenters. The molecule has 3 saturated heterocycles. The van der Waals surface area contributed by atoms with Gasteiger partial charge in [0.15, 0.2) is 0 Å². The summed E-state index contributed by atoms with van der Waals surface area (Å²) in [6.45, 7) is 5.29. The molecule has 0 saturated carbocycles. The molecule has 0 spiro atoms. The number of rotatable bonds is 5. The summed E-state index contributed by atoms with van der Waals surface area (Å²) < 4.78 is 10.6. The van der Waals surface area contributed by atoms with Crippen LogP contribution >= 0.6 is 0 Å². The van der Waals surface area contributed by atoms with Crippen LogP contribution in [0.4, 0.5) is 10.5 Å². The molecule has 3 aliphatic rings. The maximum absolute atomic E-state index is 12.0. The Kier molecular flexibility index (Phi) is 5.06. The number of ether oxygens (including phenoxy) is 2. The first-order chi connectivity index (χ1) is 11.2. The summed E-state index contributed by atoms with van der Waals surface area (Å²) in [6.07, 6.45) is 3.44. The molecule has 2 bridgehead atoms. The fraction of sp³-hybridized carbons (Fsp3) is 0.611. The molecule has 1 amide bonds. The molecule has 5 nitrogen and oxygen atoms in total. The van der Waals surface area contributed by atoms with Gasteiger partial charge in [0.25, 0.3) is 0 Å². The number of benzene rings is 1. The van der Waals surface area contributed by atoms with Crippen molar-refractivity contribution in [2.45, 2.75) is 32.2 Å². The van der Waals surface area contributed by atoms with E-state index in [9.17, 15) is 4.79 Å². The highest BCUT2D eigenvalue weighted by atomic mass is 16.5. The topological polar surface area (TPSA) is 52.0 Å². The van der Waals surface area contributed by atoms with Crippen LogP contribution in [0.1, 0.15) is 26.2 Å². The van der Waals surface area contributed by atoms with Gasteiger partial charge < -0.3 is 14.4 Å². The second-order valence-corrected chi connectivity index (χ2v) is 6.71. The Morgan fingerprint density at radius 1 is 1.35 bits per heavy atom. The van der Waals surface area contributed by atoms with Gasteiger partial charge in [-0.25, -0.2) is 4.79 Å². The van der Waals surface area contributed by atoms with E-state index in [0.717, 1.165) is 23.3 Å². The van der Waals surface area contributed by atoms with E-state index in [-0.39, 0.29) is 6.09 Å². The Bertz CT molecular complexity index is 532. The first-order valence-electron chi connectivity index (χ1n) is 8.62. The minimum atomic E-state index is -0.371. The Morgan fingerprint density at radius 2 is 2.13 bits per heavy atom. The highest BCUT2D eigenvalue weighted by Gasteiger charge is 2.43. The van der Waals surface area contributed by atoms with E-state index in [1.807, 2.05) is 24.3 Å². The number of nitrogens with one attached hydrogen (secondary N) is 2. The van der Waals surface area contributed by atoms with Gasteiger partial charge in [0.2, 0.25) is 0 Å². The van der Waals surface area contributed by atoms with E-state index in [1.54, 1.807) is 12.0 Å². The zero-order chi connectivity index (χ0) is 16.2. The molecular weight excluding hydrogens is 292 g/mol. The van der Waals surface area contributed by atoms with Crippen molar-refractivity contribution < 1.29 is 19.2 Å². The maximum atomic E-state index is 12.0. The number of carbonyl (C=O) groups is 1. The van der Waals surface area contributed by atoms with Gasteiger partial charge in [0, 0.05) is 24.4 Å². The average Bonchev–Trinajstić information content (AvgIpc) is 2.61. The largest absolute Gasteiger partial charge is 0.497 e. The normalized spacial score (nSPS) is 29.1. The molecule has 4 atom stereocenters. The molecule has 1 aromatic carbocycles. The lowest BCUT2D eigenvalue weighted by Gasteiger charge is -2.46. The van der Waals surface area contributed by atoms with Crippen molar-refractivity contribution in [1.82, 2.24) is 0 Å². The zero-order valence-corrected chi connectivity index (χ0v) is 14.0. The second kappa shape index (κ2) is 7.21. The van der Waals surface area contributed by atoms with Crippen molar-refractivity contribution in [1.29, 1.82) is 0 Å². The van der Waals surface area contributed by atoms with Crippen LogP contribution < -0.4 is 15.0 Å². The first-order valence-corrected chi connectivity index (χ1v) is 8.62. The fourth-order valence-electron chi connectivity index (χ4n) is 4.09. The summed E-state index contributed by atoms with van der Waals surface area (Å²) in [5, 5.41) is 2.77. The molecule has 0 aromatic heterocycles. The molecule has 5 heteroatoms. The SMILES string of the molecule is CC[C@H]1C[NH+]2CC[C@H]1C[C@@H]2COC(=O)Nc1ccc(OC)cc1. The van der Waals surface area contributed by atoms with Crippen molar-refractivity contribution >= 4 is 11.8 Å². The quantitative estimate of drug-likeness (QED) is 0.872. The zero-order valence-electron chi connectivity index (χ0n) is 14.0. The molecule has 3 fully saturated rings. The number of amides is 1. The van der Waals surface area contributed by atoms with Crippen LogP contribution in [0.25, 0.3) is 0 Å². The smallest absolute Gasteiger partial charge is 0.411 e. The van der Waals surface area contributed by atoms with Gasteiger partial charge >= 0.3 is 6.09 Å². The number of quaternary nitrogens is 1. The van der Waals surface area contributed by atoms with Gasteiger partial charge in [-0.05, 0) is 36.6 Å². The van der Waals surface area contributed by atoms with Crippen LogP contribution in [0.5, 0.6) is 5.75 Å². The van der Waals surface area contributed by atoms with Gasteiger partial charge in [0.05, 0.1) is 20.2 Å². The van der Waals surface area contributed by atoms with E-state index in [1.165, 1.54) is 32.4 Å². The Labute approximate surface area is 137 Å². The standard InChI is InChI=1S/C18H26N2O3/c1-3-13-11-20-9-8-14(13)10-16(20)12-23-18(21)19-15-4-6-17(22-2)7-5-15/h4-7,13-14,16H,3,8-12H2,1-2H3,(H,19,21)/p+1/t13-,14-,16+/m0/s1. The Hall–Kier alpha value is -1.75. The van der Waals surface area contributed by atoms with Crippen LogP contribution in [-0.4, -0.2) is 38.9 Å². The van der Waals surface area contributed by atoms with E-state index in [4.69, 9.17) is 9.47 Å². The number of piperidine rings is 3. The van der Waals surface area contributed by atoms with Crippen molar-refractivity contribution in [2.75, 3.05) is 32.1 Å². The molecule has 3 aliphatic heterocycles.